The zero-order valence-corrected chi connectivity index (χ0v) is 14.3. The summed E-state index contributed by atoms with van der Waals surface area (Å²) >= 11 is 0. The Balaban J connectivity index is 2.48. The Morgan fingerprint density at radius 1 is 1.30 bits per heavy atom. The van der Waals surface area contributed by atoms with Crippen molar-refractivity contribution in [2.75, 3.05) is 6.66 Å². The van der Waals surface area contributed by atoms with Gasteiger partial charge in [-0.05, 0) is 53.9 Å². The SMILES string of the molecule is CC(C)OP(C)(=O)[C@@H]1CC[C@H](NC(=O)OC(C)(C)C)C1. The summed E-state index contributed by atoms with van der Waals surface area (Å²) in [5.41, 5.74) is -0.465. The first-order valence-corrected chi connectivity index (χ1v) is 9.39. The first-order valence-electron chi connectivity index (χ1n) is 7.25. The van der Waals surface area contributed by atoms with E-state index in [-0.39, 0.29) is 17.8 Å². The Morgan fingerprint density at radius 3 is 2.40 bits per heavy atom. The zero-order chi connectivity index (χ0) is 15.6. The largest absolute Gasteiger partial charge is 0.444 e. The molecule has 0 radical (unpaired) electrons. The van der Waals surface area contributed by atoms with Crippen molar-refractivity contribution in [3.8, 4) is 0 Å². The molecule has 1 rings (SSSR count). The van der Waals surface area contributed by atoms with Crippen molar-refractivity contribution >= 4 is 13.5 Å². The van der Waals surface area contributed by atoms with Crippen molar-refractivity contribution in [3.05, 3.63) is 0 Å². The van der Waals surface area contributed by atoms with Crippen LogP contribution in [0.3, 0.4) is 0 Å². The van der Waals surface area contributed by atoms with Crippen LogP contribution in [0.1, 0.15) is 53.9 Å². The van der Waals surface area contributed by atoms with Gasteiger partial charge in [-0.3, -0.25) is 4.57 Å². The average Bonchev–Trinajstić information content (AvgIpc) is 2.60. The van der Waals surface area contributed by atoms with Gasteiger partial charge in [0.2, 0.25) is 7.37 Å². The van der Waals surface area contributed by atoms with Crippen molar-refractivity contribution in [2.45, 2.75) is 77.3 Å². The third-order valence-corrected chi connectivity index (χ3v) is 5.85. The second-order valence-corrected chi connectivity index (χ2v) is 9.63. The van der Waals surface area contributed by atoms with Crippen LogP contribution in [0.2, 0.25) is 0 Å². The molecule has 5 nitrogen and oxygen atoms in total. The van der Waals surface area contributed by atoms with E-state index in [0.29, 0.717) is 6.42 Å². The number of ether oxygens (including phenoxy) is 1. The lowest BCUT2D eigenvalue weighted by atomic mass is 10.2. The van der Waals surface area contributed by atoms with Gasteiger partial charge in [-0.15, -0.1) is 0 Å². The second-order valence-electron chi connectivity index (χ2n) is 6.87. The third kappa shape index (κ3) is 5.84. The number of carbonyl (C=O) groups is 1. The van der Waals surface area contributed by atoms with Gasteiger partial charge >= 0.3 is 6.09 Å². The molecule has 118 valence electrons. The molecule has 1 N–H and O–H groups in total. The summed E-state index contributed by atoms with van der Waals surface area (Å²) in [6, 6.07) is 0.0267. The number of hydrogen-bond donors (Lipinski definition) is 1. The normalized spacial score (nSPS) is 26.4. The van der Waals surface area contributed by atoms with Gasteiger partial charge in [-0.1, -0.05) is 0 Å². The molecule has 1 saturated carbocycles. The average molecular weight is 305 g/mol. The highest BCUT2D eigenvalue weighted by Crippen LogP contribution is 2.55. The molecule has 0 aromatic rings. The monoisotopic (exact) mass is 305 g/mol. The highest BCUT2D eigenvalue weighted by Gasteiger charge is 2.37. The summed E-state index contributed by atoms with van der Waals surface area (Å²) in [6.07, 6.45) is 1.90. The molecular formula is C14H28NO4P. The van der Waals surface area contributed by atoms with E-state index in [2.05, 4.69) is 5.32 Å². The topological polar surface area (TPSA) is 64.6 Å². The molecule has 1 fully saturated rings. The standard InChI is InChI=1S/C14H28NO4P/c1-10(2)19-20(6,17)12-8-7-11(9-12)15-13(16)18-14(3,4)5/h10-12H,7-9H2,1-6H3,(H,15,16)/t11-,12+,20?/m0/s1. The maximum atomic E-state index is 12.5. The fourth-order valence-corrected chi connectivity index (χ4v) is 4.76. The van der Waals surface area contributed by atoms with Crippen LogP contribution < -0.4 is 5.32 Å². The van der Waals surface area contributed by atoms with Crippen molar-refractivity contribution in [2.24, 2.45) is 0 Å². The lowest BCUT2D eigenvalue weighted by molar-refractivity contribution is 0.0505. The lowest BCUT2D eigenvalue weighted by Gasteiger charge is -2.24. The number of alkyl carbamates (subject to hydrolysis) is 1. The van der Waals surface area contributed by atoms with Gasteiger partial charge in [0.1, 0.15) is 5.60 Å². The predicted octanol–water partition coefficient (Wildman–Crippen LogP) is 3.77. The second kappa shape index (κ2) is 6.48. The molecule has 1 aliphatic rings. The van der Waals surface area contributed by atoms with E-state index in [1.54, 1.807) is 6.66 Å². The highest BCUT2D eigenvalue weighted by atomic mass is 31.2. The summed E-state index contributed by atoms with van der Waals surface area (Å²) in [7, 11) is -2.61. The Morgan fingerprint density at radius 2 is 1.90 bits per heavy atom. The van der Waals surface area contributed by atoms with Crippen LogP contribution in [0, 0.1) is 0 Å². The number of nitrogens with one attached hydrogen (secondary N) is 1. The fourth-order valence-electron chi connectivity index (χ4n) is 2.49. The Kier molecular flexibility index (Phi) is 5.68. The highest BCUT2D eigenvalue weighted by molar-refractivity contribution is 7.58. The van der Waals surface area contributed by atoms with Crippen molar-refractivity contribution in [1.82, 2.24) is 5.32 Å². The Hall–Kier alpha value is -0.540. The maximum Gasteiger partial charge on any atom is 0.407 e. The molecule has 1 amide bonds. The molecule has 3 atom stereocenters. The van der Waals surface area contributed by atoms with Gasteiger partial charge in [-0.25, -0.2) is 4.79 Å². The molecule has 1 aliphatic carbocycles. The van der Waals surface area contributed by atoms with Gasteiger partial charge in [0.05, 0.1) is 6.10 Å². The van der Waals surface area contributed by atoms with Crippen LogP contribution in [-0.4, -0.2) is 36.2 Å². The minimum Gasteiger partial charge on any atom is -0.444 e. The van der Waals surface area contributed by atoms with E-state index in [4.69, 9.17) is 9.26 Å². The molecule has 0 saturated heterocycles. The van der Waals surface area contributed by atoms with Gasteiger partial charge in [0.25, 0.3) is 0 Å². The smallest absolute Gasteiger partial charge is 0.407 e. The van der Waals surface area contributed by atoms with Crippen LogP contribution in [0.5, 0.6) is 0 Å². The number of carbonyl (C=O) groups excluding carboxylic acids is 1. The summed E-state index contributed by atoms with van der Waals surface area (Å²) in [6.45, 7) is 11.0. The van der Waals surface area contributed by atoms with Crippen molar-refractivity contribution in [1.29, 1.82) is 0 Å². The van der Waals surface area contributed by atoms with Crippen LogP contribution in [0.25, 0.3) is 0 Å². The summed E-state index contributed by atoms with van der Waals surface area (Å²) in [4.78, 5) is 11.7. The fraction of sp³-hybridized carbons (Fsp3) is 0.929. The van der Waals surface area contributed by atoms with Gasteiger partial charge < -0.3 is 14.6 Å². The van der Waals surface area contributed by atoms with Crippen molar-refractivity contribution in [3.63, 3.8) is 0 Å². The number of rotatable bonds is 4. The molecule has 0 aromatic carbocycles. The Bertz CT molecular complexity index is 389. The predicted molar refractivity (Wildman–Crippen MR) is 80.5 cm³/mol. The van der Waals surface area contributed by atoms with Gasteiger partial charge in [-0.2, -0.15) is 0 Å². The van der Waals surface area contributed by atoms with Crippen LogP contribution in [-0.2, 0) is 13.8 Å². The van der Waals surface area contributed by atoms with Crippen molar-refractivity contribution < 1.29 is 18.6 Å². The summed E-state index contributed by atoms with van der Waals surface area (Å²) in [5, 5.41) is 2.85. The molecule has 0 bridgehead atoms. The maximum absolute atomic E-state index is 12.5. The molecule has 6 heteroatoms. The molecule has 20 heavy (non-hydrogen) atoms. The van der Waals surface area contributed by atoms with E-state index >= 15 is 0 Å². The summed E-state index contributed by atoms with van der Waals surface area (Å²) < 4.78 is 23.3. The van der Waals surface area contributed by atoms with E-state index in [0.717, 1.165) is 12.8 Å². The first kappa shape index (κ1) is 17.5. The minimum absolute atomic E-state index is 0.0267. The van der Waals surface area contributed by atoms with Gasteiger partial charge in [0, 0.05) is 18.4 Å². The van der Waals surface area contributed by atoms with E-state index in [1.807, 2.05) is 34.6 Å². The van der Waals surface area contributed by atoms with Crippen LogP contribution >= 0.6 is 7.37 Å². The minimum atomic E-state index is -2.61. The lowest BCUT2D eigenvalue weighted by Crippen LogP contribution is -2.38. The molecular weight excluding hydrogens is 277 g/mol. The van der Waals surface area contributed by atoms with Crippen LogP contribution in [0.4, 0.5) is 4.79 Å². The number of hydrogen-bond acceptors (Lipinski definition) is 4. The number of amides is 1. The van der Waals surface area contributed by atoms with E-state index in [9.17, 15) is 9.36 Å². The molecule has 1 unspecified atom stereocenters. The molecule has 0 heterocycles. The van der Waals surface area contributed by atoms with E-state index in [1.165, 1.54) is 0 Å². The Labute approximate surface area is 122 Å². The molecule has 0 aliphatic heterocycles. The summed E-state index contributed by atoms with van der Waals surface area (Å²) in [5.74, 6) is 0. The quantitative estimate of drug-likeness (QED) is 0.803. The molecule has 0 spiro atoms. The molecule has 0 aromatic heterocycles. The van der Waals surface area contributed by atoms with E-state index < -0.39 is 19.1 Å². The first-order chi connectivity index (χ1) is 8.99. The third-order valence-electron chi connectivity index (χ3n) is 3.21. The van der Waals surface area contributed by atoms with Crippen LogP contribution in [0.15, 0.2) is 0 Å². The zero-order valence-electron chi connectivity index (χ0n) is 13.4. The van der Waals surface area contributed by atoms with Gasteiger partial charge in [0.15, 0.2) is 0 Å².